The first-order valence-electron chi connectivity index (χ1n) is 6.66. The van der Waals surface area contributed by atoms with Crippen LogP contribution in [0.4, 0.5) is 0 Å². The van der Waals surface area contributed by atoms with E-state index in [1.807, 2.05) is 6.92 Å². The third-order valence-corrected chi connectivity index (χ3v) is 4.93. The molecule has 1 heterocycles. The van der Waals surface area contributed by atoms with Gasteiger partial charge in [-0.25, -0.2) is 13.1 Å². The van der Waals surface area contributed by atoms with Crippen LogP contribution in [0.1, 0.15) is 29.7 Å². The van der Waals surface area contributed by atoms with Gasteiger partial charge in [0, 0.05) is 25.0 Å². The van der Waals surface area contributed by atoms with Gasteiger partial charge in [-0.3, -0.25) is 4.98 Å². The topological polar surface area (TPSA) is 85.1 Å². The maximum Gasteiger partial charge on any atom is 0.241 e. The first-order chi connectivity index (χ1) is 9.94. The number of sulfonamides is 1. The van der Waals surface area contributed by atoms with Gasteiger partial charge in [0.1, 0.15) is 0 Å². The fourth-order valence-electron chi connectivity index (χ4n) is 2.06. The van der Waals surface area contributed by atoms with Gasteiger partial charge in [-0.15, -0.1) is 0 Å². The molecule has 21 heavy (non-hydrogen) atoms. The van der Waals surface area contributed by atoms with E-state index in [4.69, 9.17) is 5.73 Å². The SMILES string of the molecule is Cc1ccc(S(=O)(=O)NC(C)c2ccncc2)cc1CN. The molecule has 6 heteroatoms. The summed E-state index contributed by atoms with van der Waals surface area (Å²) in [5.41, 5.74) is 8.31. The first-order valence-corrected chi connectivity index (χ1v) is 8.14. The molecule has 2 rings (SSSR count). The number of nitrogens with one attached hydrogen (secondary N) is 1. The van der Waals surface area contributed by atoms with Crippen LogP contribution in [0, 0.1) is 6.92 Å². The Hall–Kier alpha value is -1.76. The van der Waals surface area contributed by atoms with Crippen LogP contribution in [0.15, 0.2) is 47.6 Å². The molecule has 0 aliphatic heterocycles. The second kappa shape index (κ2) is 6.34. The predicted octanol–water partition coefficient (Wildman–Crippen LogP) is 1.89. The molecule has 2 aromatic rings. The number of aromatic nitrogens is 1. The van der Waals surface area contributed by atoms with Crippen LogP contribution >= 0.6 is 0 Å². The van der Waals surface area contributed by atoms with Gasteiger partial charge in [-0.05, 0) is 54.8 Å². The zero-order chi connectivity index (χ0) is 15.5. The summed E-state index contributed by atoms with van der Waals surface area (Å²) < 4.78 is 27.5. The minimum atomic E-state index is -3.58. The Kier molecular flexibility index (Phi) is 4.72. The van der Waals surface area contributed by atoms with Crippen LogP contribution in [0.25, 0.3) is 0 Å². The number of hydrogen-bond acceptors (Lipinski definition) is 4. The molecular weight excluding hydrogens is 286 g/mol. The van der Waals surface area contributed by atoms with Crippen molar-refractivity contribution in [1.29, 1.82) is 0 Å². The van der Waals surface area contributed by atoms with Crippen LogP contribution in [0.5, 0.6) is 0 Å². The zero-order valence-corrected chi connectivity index (χ0v) is 12.9. The number of pyridine rings is 1. The number of nitrogens with zero attached hydrogens (tertiary/aromatic N) is 1. The van der Waals surface area contributed by atoms with Crippen molar-refractivity contribution in [3.05, 3.63) is 59.4 Å². The second-order valence-corrected chi connectivity index (χ2v) is 6.63. The fraction of sp³-hybridized carbons (Fsp3) is 0.267. The highest BCUT2D eigenvalue weighted by molar-refractivity contribution is 7.89. The number of nitrogens with two attached hydrogens (primary N) is 1. The molecule has 0 fully saturated rings. The van der Waals surface area contributed by atoms with E-state index >= 15 is 0 Å². The van der Waals surface area contributed by atoms with Crippen molar-refractivity contribution in [3.8, 4) is 0 Å². The molecule has 0 radical (unpaired) electrons. The Bertz CT molecular complexity index is 715. The Morgan fingerprint density at radius 2 is 1.90 bits per heavy atom. The van der Waals surface area contributed by atoms with E-state index in [9.17, 15) is 8.42 Å². The number of rotatable bonds is 5. The average Bonchev–Trinajstić information content (AvgIpc) is 2.48. The lowest BCUT2D eigenvalue weighted by molar-refractivity contribution is 0.566. The van der Waals surface area contributed by atoms with Gasteiger partial charge < -0.3 is 5.73 Å². The molecule has 112 valence electrons. The molecule has 1 aromatic carbocycles. The second-order valence-electron chi connectivity index (χ2n) is 4.92. The summed E-state index contributed by atoms with van der Waals surface area (Å²) in [5.74, 6) is 0. The van der Waals surface area contributed by atoms with Crippen LogP contribution in [0.2, 0.25) is 0 Å². The third kappa shape index (κ3) is 3.66. The van der Waals surface area contributed by atoms with Crippen molar-refractivity contribution in [2.24, 2.45) is 5.73 Å². The lowest BCUT2D eigenvalue weighted by Crippen LogP contribution is -2.27. The first kappa shape index (κ1) is 15.6. The maximum absolute atomic E-state index is 12.4. The number of aryl methyl sites for hydroxylation is 1. The van der Waals surface area contributed by atoms with Gasteiger partial charge in [0.05, 0.1) is 4.90 Å². The molecule has 0 saturated heterocycles. The summed E-state index contributed by atoms with van der Waals surface area (Å²) in [6.07, 6.45) is 3.27. The normalized spacial score (nSPS) is 13.1. The molecular formula is C15H19N3O2S. The van der Waals surface area contributed by atoms with Gasteiger partial charge in [-0.2, -0.15) is 0 Å². The average molecular weight is 305 g/mol. The summed E-state index contributed by atoms with van der Waals surface area (Å²) in [6, 6.07) is 8.22. The van der Waals surface area contributed by atoms with Crippen LogP contribution in [0.3, 0.4) is 0 Å². The van der Waals surface area contributed by atoms with Gasteiger partial charge in [0.2, 0.25) is 10.0 Å². The Morgan fingerprint density at radius 1 is 1.24 bits per heavy atom. The molecule has 5 nitrogen and oxygen atoms in total. The van der Waals surface area contributed by atoms with E-state index in [2.05, 4.69) is 9.71 Å². The van der Waals surface area contributed by atoms with Crippen molar-refractivity contribution in [3.63, 3.8) is 0 Å². The molecule has 0 spiro atoms. The number of hydrogen-bond donors (Lipinski definition) is 2. The van der Waals surface area contributed by atoms with Crippen molar-refractivity contribution in [2.45, 2.75) is 31.3 Å². The largest absolute Gasteiger partial charge is 0.326 e. The highest BCUT2D eigenvalue weighted by Gasteiger charge is 2.19. The fourth-order valence-corrected chi connectivity index (χ4v) is 3.34. The van der Waals surface area contributed by atoms with Crippen LogP contribution < -0.4 is 10.5 Å². The lowest BCUT2D eigenvalue weighted by Gasteiger charge is -2.15. The van der Waals surface area contributed by atoms with Crippen molar-refractivity contribution in [1.82, 2.24) is 9.71 Å². The Labute approximate surface area is 125 Å². The molecule has 3 N–H and O–H groups in total. The molecule has 1 aromatic heterocycles. The zero-order valence-electron chi connectivity index (χ0n) is 12.1. The number of benzene rings is 1. The highest BCUT2D eigenvalue weighted by Crippen LogP contribution is 2.19. The van der Waals surface area contributed by atoms with Gasteiger partial charge >= 0.3 is 0 Å². The van der Waals surface area contributed by atoms with Crippen molar-refractivity contribution in [2.75, 3.05) is 0 Å². The van der Waals surface area contributed by atoms with Crippen molar-refractivity contribution >= 4 is 10.0 Å². The Morgan fingerprint density at radius 3 is 2.52 bits per heavy atom. The predicted molar refractivity (Wildman–Crippen MR) is 82.0 cm³/mol. The third-order valence-electron chi connectivity index (χ3n) is 3.39. The monoisotopic (exact) mass is 305 g/mol. The minimum Gasteiger partial charge on any atom is -0.326 e. The lowest BCUT2D eigenvalue weighted by atomic mass is 10.1. The molecule has 0 amide bonds. The summed E-state index contributed by atoms with van der Waals surface area (Å²) >= 11 is 0. The molecule has 0 aliphatic rings. The van der Waals surface area contributed by atoms with Crippen LogP contribution in [-0.4, -0.2) is 13.4 Å². The van der Waals surface area contributed by atoms with Gasteiger partial charge in [0.15, 0.2) is 0 Å². The molecule has 0 bridgehead atoms. The summed E-state index contributed by atoms with van der Waals surface area (Å²) in [6.45, 7) is 4.02. The van der Waals surface area contributed by atoms with E-state index in [0.717, 1.165) is 16.7 Å². The summed E-state index contributed by atoms with van der Waals surface area (Å²) in [7, 11) is -3.58. The molecule has 0 saturated carbocycles. The maximum atomic E-state index is 12.4. The Balaban J connectivity index is 2.26. The van der Waals surface area contributed by atoms with E-state index < -0.39 is 10.0 Å². The minimum absolute atomic E-state index is 0.231. The van der Waals surface area contributed by atoms with Crippen molar-refractivity contribution < 1.29 is 8.42 Å². The van der Waals surface area contributed by atoms with E-state index in [0.29, 0.717) is 6.54 Å². The van der Waals surface area contributed by atoms with E-state index in [-0.39, 0.29) is 10.9 Å². The standard InChI is InChI=1S/C15H19N3O2S/c1-11-3-4-15(9-14(11)10-16)21(19,20)18-12(2)13-5-7-17-8-6-13/h3-9,12,18H,10,16H2,1-2H3. The van der Waals surface area contributed by atoms with Gasteiger partial charge in [0.25, 0.3) is 0 Å². The van der Waals surface area contributed by atoms with E-state index in [1.165, 1.54) is 0 Å². The molecule has 1 atom stereocenters. The summed E-state index contributed by atoms with van der Waals surface area (Å²) in [5, 5.41) is 0. The van der Waals surface area contributed by atoms with E-state index in [1.54, 1.807) is 49.6 Å². The van der Waals surface area contributed by atoms with Crippen LogP contribution in [-0.2, 0) is 16.6 Å². The van der Waals surface area contributed by atoms with Gasteiger partial charge in [-0.1, -0.05) is 6.07 Å². The molecule has 0 aliphatic carbocycles. The summed E-state index contributed by atoms with van der Waals surface area (Å²) in [4.78, 5) is 4.15. The quantitative estimate of drug-likeness (QED) is 0.883. The highest BCUT2D eigenvalue weighted by atomic mass is 32.2. The smallest absolute Gasteiger partial charge is 0.241 e. The molecule has 1 unspecified atom stereocenters.